The number of nitrogens with zero attached hydrogens (tertiary/aromatic N) is 3. The molecule has 2 amide bonds. The van der Waals surface area contributed by atoms with Crippen molar-refractivity contribution < 1.29 is 9.53 Å². The van der Waals surface area contributed by atoms with Gasteiger partial charge in [-0.2, -0.15) is 0 Å². The first-order valence-electron chi connectivity index (χ1n) is 8.11. The molecular formula is C17H21ClN4O2S. The van der Waals surface area contributed by atoms with Gasteiger partial charge in [0, 0.05) is 36.2 Å². The second-order valence-electron chi connectivity index (χ2n) is 5.91. The van der Waals surface area contributed by atoms with E-state index >= 15 is 0 Å². The molecule has 3 rings (SSSR count). The zero-order valence-electron chi connectivity index (χ0n) is 14.1. The Morgan fingerprint density at radius 2 is 2.08 bits per heavy atom. The highest BCUT2D eigenvalue weighted by molar-refractivity contribution is 7.09. The number of hydrogen-bond donors (Lipinski definition) is 1. The monoisotopic (exact) mass is 380 g/mol. The molecule has 0 unspecified atom stereocenters. The Bertz CT molecular complexity index is 701. The third kappa shape index (κ3) is 5.40. The maximum absolute atomic E-state index is 12.3. The zero-order valence-corrected chi connectivity index (χ0v) is 15.6. The highest BCUT2D eigenvalue weighted by Gasteiger charge is 2.15. The molecule has 1 fully saturated rings. The molecule has 25 heavy (non-hydrogen) atoms. The average Bonchev–Trinajstić information content (AvgIpc) is 3.04. The lowest BCUT2D eigenvalue weighted by Gasteiger charge is -2.25. The van der Waals surface area contributed by atoms with Gasteiger partial charge in [0.05, 0.1) is 32.0 Å². The molecule has 8 heteroatoms. The van der Waals surface area contributed by atoms with Gasteiger partial charge in [-0.25, -0.2) is 9.78 Å². The Morgan fingerprint density at radius 1 is 1.36 bits per heavy atom. The molecule has 0 saturated carbocycles. The summed E-state index contributed by atoms with van der Waals surface area (Å²) in [5.41, 5.74) is 1.62. The number of benzene rings is 1. The van der Waals surface area contributed by atoms with Crippen LogP contribution in [0.5, 0.6) is 0 Å². The van der Waals surface area contributed by atoms with Gasteiger partial charge in [0.15, 0.2) is 0 Å². The number of halogens is 1. The number of carbonyl (C=O) groups excluding carboxylic acids is 1. The second-order valence-corrected chi connectivity index (χ2v) is 7.29. The maximum atomic E-state index is 12.3. The first-order chi connectivity index (χ1) is 12.1. The Labute approximate surface area is 156 Å². The van der Waals surface area contributed by atoms with Crippen LogP contribution in [-0.2, 0) is 17.8 Å². The van der Waals surface area contributed by atoms with Crippen molar-refractivity contribution in [2.75, 3.05) is 38.7 Å². The molecule has 0 radical (unpaired) electrons. The van der Waals surface area contributed by atoms with Crippen molar-refractivity contribution in [3.05, 3.63) is 45.4 Å². The van der Waals surface area contributed by atoms with Crippen molar-refractivity contribution in [2.24, 2.45) is 0 Å². The molecule has 1 aromatic carbocycles. The molecule has 2 aromatic rings. The van der Waals surface area contributed by atoms with Crippen LogP contribution in [0.15, 0.2) is 29.6 Å². The Hall–Kier alpha value is -1.67. The first kappa shape index (κ1) is 18.1. The van der Waals surface area contributed by atoms with Crippen LogP contribution in [0.3, 0.4) is 0 Å². The van der Waals surface area contributed by atoms with Crippen molar-refractivity contribution in [3.8, 4) is 0 Å². The number of urea groups is 1. The van der Waals surface area contributed by atoms with Gasteiger partial charge in [-0.05, 0) is 24.3 Å². The number of rotatable bonds is 5. The van der Waals surface area contributed by atoms with Gasteiger partial charge in [-0.1, -0.05) is 11.6 Å². The largest absolute Gasteiger partial charge is 0.379 e. The van der Waals surface area contributed by atoms with E-state index in [9.17, 15) is 4.79 Å². The predicted octanol–water partition coefficient (Wildman–Crippen LogP) is 3.29. The summed E-state index contributed by atoms with van der Waals surface area (Å²) in [4.78, 5) is 20.9. The van der Waals surface area contributed by atoms with Crippen LogP contribution in [0.25, 0.3) is 0 Å². The minimum absolute atomic E-state index is 0.176. The molecule has 0 bridgehead atoms. The average molecular weight is 381 g/mol. The van der Waals surface area contributed by atoms with Crippen molar-refractivity contribution in [1.82, 2.24) is 14.8 Å². The van der Waals surface area contributed by atoms with E-state index in [4.69, 9.17) is 16.3 Å². The van der Waals surface area contributed by atoms with Crippen molar-refractivity contribution in [2.45, 2.75) is 13.1 Å². The first-order valence-corrected chi connectivity index (χ1v) is 9.37. The Morgan fingerprint density at radius 3 is 2.80 bits per heavy atom. The van der Waals surface area contributed by atoms with Crippen LogP contribution >= 0.6 is 22.9 Å². The number of hydrogen-bond acceptors (Lipinski definition) is 5. The fourth-order valence-electron chi connectivity index (χ4n) is 2.51. The van der Waals surface area contributed by atoms with Crippen LogP contribution in [0.2, 0.25) is 5.02 Å². The third-order valence-corrected chi connectivity index (χ3v) is 5.04. The fourth-order valence-corrected chi connectivity index (χ4v) is 3.46. The second kappa shape index (κ2) is 8.62. The summed E-state index contributed by atoms with van der Waals surface area (Å²) in [6.07, 6.45) is 0. The molecule has 1 N–H and O–H groups in total. The number of amides is 2. The summed E-state index contributed by atoms with van der Waals surface area (Å²) in [5, 5.41) is 6.57. The smallest absolute Gasteiger partial charge is 0.321 e. The zero-order chi connectivity index (χ0) is 17.6. The number of ether oxygens (including phenoxy) is 1. The molecule has 1 aliphatic rings. The molecule has 134 valence electrons. The number of morpholine rings is 1. The maximum Gasteiger partial charge on any atom is 0.321 e. The van der Waals surface area contributed by atoms with Gasteiger partial charge in [-0.3, -0.25) is 4.90 Å². The van der Waals surface area contributed by atoms with E-state index in [1.807, 2.05) is 5.38 Å². The Kier molecular flexibility index (Phi) is 6.25. The SMILES string of the molecule is CN(Cc1csc(CN2CCOCC2)n1)C(=O)Nc1ccc(Cl)cc1. The number of thiazole rings is 1. The molecule has 2 heterocycles. The van der Waals surface area contributed by atoms with E-state index in [1.54, 1.807) is 47.5 Å². The van der Waals surface area contributed by atoms with Gasteiger partial charge in [0.25, 0.3) is 0 Å². The lowest BCUT2D eigenvalue weighted by atomic mass is 10.3. The van der Waals surface area contributed by atoms with Gasteiger partial charge in [0.2, 0.25) is 0 Å². The van der Waals surface area contributed by atoms with Gasteiger partial charge >= 0.3 is 6.03 Å². The molecule has 0 atom stereocenters. The molecule has 6 nitrogen and oxygen atoms in total. The van der Waals surface area contributed by atoms with Crippen LogP contribution < -0.4 is 5.32 Å². The van der Waals surface area contributed by atoms with Crippen molar-refractivity contribution in [1.29, 1.82) is 0 Å². The van der Waals surface area contributed by atoms with Gasteiger partial charge in [0.1, 0.15) is 5.01 Å². The number of carbonyl (C=O) groups is 1. The molecule has 0 aliphatic carbocycles. The van der Waals surface area contributed by atoms with Crippen LogP contribution in [0.4, 0.5) is 10.5 Å². The highest BCUT2D eigenvalue weighted by Crippen LogP contribution is 2.16. The third-order valence-electron chi connectivity index (χ3n) is 3.90. The van der Waals surface area contributed by atoms with Crippen molar-refractivity contribution >= 4 is 34.7 Å². The molecule has 1 saturated heterocycles. The topological polar surface area (TPSA) is 57.7 Å². The molecular weight excluding hydrogens is 360 g/mol. The summed E-state index contributed by atoms with van der Waals surface area (Å²) in [6.45, 7) is 4.77. The van der Waals surface area contributed by atoms with E-state index in [2.05, 4.69) is 15.2 Å². The van der Waals surface area contributed by atoms with Gasteiger partial charge in [-0.15, -0.1) is 11.3 Å². The Balaban J connectivity index is 1.51. The lowest BCUT2D eigenvalue weighted by Crippen LogP contribution is -2.35. The summed E-state index contributed by atoms with van der Waals surface area (Å²) in [6, 6.07) is 6.87. The standard InChI is InChI=1S/C17H21ClN4O2S/c1-21(17(23)20-14-4-2-13(18)3-5-14)10-15-12-25-16(19-15)11-22-6-8-24-9-7-22/h2-5,12H,6-11H2,1H3,(H,20,23). The minimum atomic E-state index is -0.176. The van der Waals surface area contributed by atoms with E-state index in [0.29, 0.717) is 17.3 Å². The summed E-state index contributed by atoms with van der Waals surface area (Å²) in [7, 11) is 1.76. The van der Waals surface area contributed by atoms with E-state index in [1.165, 1.54) is 0 Å². The number of nitrogens with one attached hydrogen (secondary N) is 1. The van der Waals surface area contributed by atoms with E-state index in [0.717, 1.165) is 43.5 Å². The fraction of sp³-hybridized carbons (Fsp3) is 0.412. The summed E-state index contributed by atoms with van der Waals surface area (Å²) < 4.78 is 5.36. The molecule has 1 aromatic heterocycles. The molecule has 0 spiro atoms. The highest BCUT2D eigenvalue weighted by atomic mass is 35.5. The van der Waals surface area contributed by atoms with Gasteiger partial charge < -0.3 is 15.0 Å². The number of anilines is 1. The molecule has 1 aliphatic heterocycles. The normalized spacial score (nSPS) is 15.1. The summed E-state index contributed by atoms with van der Waals surface area (Å²) in [5.74, 6) is 0. The van der Waals surface area contributed by atoms with Crippen LogP contribution in [0, 0.1) is 0 Å². The minimum Gasteiger partial charge on any atom is -0.379 e. The predicted molar refractivity (Wildman–Crippen MR) is 100 cm³/mol. The lowest BCUT2D eigenvalue weighted by molar-refractivity contribution is 0.0341. The number of aromatic nitrogens is 1. The quantitative estimate of drug-likeness (QED) is 0.864. The summed E-state index contributed by atoms with van der Waals surface area (Å²) >= 11 is 7.49. The van der Waals surface area contributed by atoms with E-state index < -0.39 is 0 Å². The van der Waals surface area contributed by atoms with Crippen LogP contribution in [0.1, 0.15) is 10.7 Å². The van der Waals surface area contributed by atoms with E-state index in [-0.39, 0.29) is 6.03 Å². The van der Waals surface area contributed by atoms with Crippen molar-refractivity contribution in [3.63, 3.8) is 0 Å². The van der Waals surface area contributed by atoms with Crippen LogP contribution in [-0.4, -0.2) is 54.2 Å².